The van der Waals surface area contributed by atoms with Crippen molar-refractivity contribution < 1.29 is 23.4 Å². The molecule has 0 radical (unpaired) electrons. The molecule has 1 aliphatic heterocycles. The van der Waals surface area contributed by atoms with Crippen LogP contribution in [0.3, 0.4) is 0 Å². The second-order valence-corrected chi connectivity index (χ2v) is 6.14. The summed E-state index contributed by atoms with van der Waals surface area (Å²) < 4.78 is 32.0. The number of likely N-dealkylation sites (tertiary alicyclic amines) is 1. The molecule has 1 amide bonds. The number of aliphatic hydroxyl groups excluding tert-OH is 1. The van der Waals surface area contributed by atoms with Gasteiger partial charge in [-0.2, -0.15) is 0 Å². The van der Waals surface area contributed by atoms with Crippen molar-refractivity contribution in [3.8, 4) is 5.75 Å². The van der Waals surface area contributed by atoms with Gasteiger partial charge in [-0.05, 0) is 35.7 Å². The van der Waals surface area contributed by atoms with Gasteiger partial charge in [-0.1, -0.05) is 18.2 Å². The lowest BCUT2D eigenvalue weighted by atomic mass is 10.0. The van der Waals surface area contributed by atoms with Gasteiger partial charge in [-0.3, -0.25) is 4.79 Å². The van der Waals surface area contributed by atoms with Gasteiger partial charge in [0.05, 0.1) is 25.7 Å². The van der Waals surface area contributed by atoms with Gasteiger partial charge in [0.15, 0.2) is 0 Å². The summed E-state index contributed by atoms with van der Waals surface area (Å²) in [5, 5.41) is 10.0. The molecule has 2 aromatic rings. The Kier molecular flexibility index (Phi) is 4.99. The summed E-state index contributed by atoms with van der Waals surface area (Å²) in [6.07, 6.45) is -0.414. The van der Waals surface area contributed by atoms with Crippen molar-refractivity contribution in [2.24, 2.45) is 0 Å². The van der Waals surface area contributed by atoms with Crippen LogP contribution in [0.15, 0.2) is 42.5 Å². The minimum Gasteiger partial charge on any atom is -0.497 e. The van der Waals surface area contributed by atoms with Crippen molar-refractivity contribution >= 4 is 5.91 Å². The Morgan fingerprint density at radius 1 is 1.28 bits per heavy atom. The smallest absolute Gasteiger partial charge is 0.227 e. The maximum Gasteiger partial charge on any atom is 0.227 e. The first-order valence-corrected chi connectivity index (χ1v) is 8.03. The van der Waals surface area contributed by atoms with Gasteiger partial charge >= 0.3 is 0 Å². The van der Waals surface area contributed by atoms with Gasteiger partial charge in [0, 0.05) is 12.6 Å². The topological polar surface area (TPSA) is 49.8 Å². The summed E-state index contributed by atoms with van der Waals surface area (Å²) >= 11 is 0. The van der Waals surface area contributed by atoms with E-state index in [2.05, 4.69) is 0 Å². The number of hydrogen-bond donors (Lipinski definition) is 1. The highest BCUT2D eigenvalue weighted by molar-refractivity contribution is 5.79. The van der Waals surface area contributed by atoms with Crippen LogP contribution < -0.4 is 4.74 Å². The molecule has 1 fully saturated rings. The summed E-state index contributed by atoms with van der Waals surface area (Å²) in [7, 11) is 1.56. The predicted molar refractivity (Wildman–Crippen MR) is 88.1 cm³/mol. The van der Waals surface area contributed by atoms with Gasteiger partial charge in [-0.25, -0.2) is 8.78 Å². The number of β-amino-alcohol motifs (C(OH)–C–C–N with tert-alkyl or cyclic N) is 1. The zero-order valence-electron chi connectivity index (χ0n) is 13.8. The lowest BCUT2D eigenvalue weighted by molar-refractivity contribution is -0.131. The third-order valence-electron chi connectivity index (χ3n) is 4.43. The van der Waals surface area contributed by atoms with Gasteiger partial charge < -0.3 is 14.7 Å². The van der Waals surface area contributed by atoms with Crippen LogP contribution in [0.4, 0.5) is 8.78 Å². The molecule has 1 aliphatic rings. The number of nitrogens with zero attached hydrogens (tertiary/aromatic N) is 1. The Labute approximate surface area is 144 Å². The van der Waals surface area contributed by atoms with E-state index in [1.165, 1.54) is 6.07 Å². The maximum absolute atomic E-state index is 13.8. The Hall–Kier alpha value is -2.47. The number of amides is 1. The zero-order chi connectivity index (χ0) is 18.0. The SMILES string of the molecule is COc1cccc([C@H]2C[C@H](O)CN2C(=O)Cc2ccc(F)cc2F)c1. The van der Waals surface area contributed by atoms with Crippen LogP contribution in [0.1, 0.15) is 23.6 Å². The molecule has 0 spiro atoms. The molecule has 132 valence electrons. The monoisotopic (exact) mass is 347 g/mol. The Balaban J connectivity index is 1.82. The number of ether oxygens (including phenoxy) is 1. The van der Waals surface area contributed by atoms with Gasteiger partial charge in [0.25, 0.3) is 0 Å². The molecule has 2 atom stereocenters. The van der Waals surface area contributed by atoms with Gasteiger partial charge in [0.2, 0.25) is 5.91 Å². The summed E-state index contributed by atoms with van der Waals surface area (Å²) in [5.41, 5.74) is 0.987. The molecule has 0 bridgehead atoms. The van der Waals surface area contributed by atoms with E-state index >= 15 is 0 Å². The van der Waals surface area contributed by atoms with Crippen LogP contribution in [-0.4, -0.2) is 35.7 Å². The fourth-order valence-electron chi connectivity index (χ4n) is 3.18. The minimum absolute atomic E-state index is 0.136. The highest BCUT2D eigenvalue weighted by atomic mass is 19.1. The van der Waals surface area contributed by atoms with E-state index in [1.54, 1.807) is 18.1 Å². The van der Waals surface area contributed by atoms with E-state index in [1.807, 2.05) is 18.2 Å². The second-order valence-electron chi connectivity index (χ2n) is 6.14. The highest BCUT2D eigenvalue weighted by Gasteiger charge is 2.35. The number of carbonyl (C=O) groups is 1. The molecule has 3 rings (SSSR count). The number of hydrogen-bond acceptors (Lipinski definition) is 3. The molecule has 6 heteroatoms. The van der Waals surface area contributed by atoms with Gasteiger partial charge in [-0.15, -0.1) is 0 Å². The largest absolute Gasteiger partial charge is 0.497 e. The number of methoxy groups -OCH3 is 1. The fourth-order valence-corrected chi connectivity index (χ4v) is 3.18. The first kappa shape index (κ1) is 17.4. The van der Waals surface area contributed by atoms with E-state index in [0.717, 1.165) is 17.7 Å². The number of halogens is 2. The molecule has 0 saturated carbocycles. The van der Waals surface area contributed by atoms with Crippen molar-refractivity contribution in [3.05, 3.63) is 65.2 Å². The average molecular weight is 347 g/mol. The van der Waals surface area contributed by atoms with E-state index in [4.69, 9.17) is 4.74 Å². The van der Waals surface area contributed by atoms with Gasteiger partial charge in [0.1, 0.15) is 17.4 Å². The molecule has 0 unspecified atom stereocenters. The van der Waals surface area contributed by atoms with Crippen LogP contribution in [0.5, 0.6) is 5.75 Å². The molecular weight excluding hydrogens is 328 g/mol. The first-order chi connectivity index (χ1) is 12.0. The number of aliphatic hydroxyl groups is 1. The van der Waals surface area contributed by atoms with Crippen LogP contribution in [0, 0.1) is 11.6 Å². The fraction of sp³-hybridized carbons (Fsp3) is 0.316. The number of rotatable bonds is 4. The lowest BCUT2D eigenvalue weighted by Crippen LogP contribution is -2.33. The third kappa shape index (κ3) is 3.79. The predicted octanol–water partition coefficient (Wildman–Crippen LogP) is 2.85. The molecule has 1 N–H and O–H groups in total. The Morgan fingerprint density at radius 3 is 2.80 bits per heavy atom. The Bertz CT molecular complexity index is 781. The van der Waals surface area contributed by atoms with Crippen LogP contribution in [0.25, 0.3) is 0 Å². The average Bonchev–Trinajstić information content (AvgIpc) is 2.99. The molecule has 1 saturated heterocycles. The molecule has 2 aromatic carbocycles. The van der Waals surface area contributed by atoms with Crippen LogP contribution >= 0.6 is 0 Å². The molecular formula is C19H19F2NO3. The normalized spacial score (nSPS) is 19.9. The number of benzene rings is 2. The molecule has 1 heterocycles. The first-order valence-electron chi connectivity index (χ1n) is 8.03. The van der Waals surface area contributed by atoms with Crippen molar-refractivity contribution in [1.82, 2.24) is 4.90 Å². The van der Waals surface area contributed by atoms with Crippen LogP contribution in [0.2, 0.25) is 0 Å². The van der Waals surface area contributed by atoms with E-state index in [9.17, 15) is 18.7 Å². The van der Waals surface area contributed by atoms with E-state index < -0.39 is 17.7 Å². The van der Waals surface area contributed by atoms with Crippen LogP contribution in [-0.2, 0) is 11.2 Å². The maximum atomic E-state index is 13.8. The molecule has 25 heavy (non-hydrogen) atoms. The number of carbonyl (C=O) groups excluding carboxylic acids is 1. The minimum atomic E-state index is -0.744. The third-order valence-corrected chi connectivity index (χ3v) is 4.43. The summed E-state index contributed by atoms with van der Waals surface area (Å²) in [5.74, 6) is -1.07. The van der Waals surface area contributed by atoms with Crippen molar-refractivity contribution in [2.75, 3.05) is 13.7 Å². The quantitative estimate of drug-likeness (QED) is 0.925. The van der Waals surface area contributed by atoms with Crippen molar-refractivity contribution in [3.63, 3.8) is 0 Å². The second kappa shape index (κ2) is 7.19. The molecule has 0 aliphatic carbocycles. The Morgan fingerprint density at radius 2 is 2.08 bits per heavy atom. The molecule has 0 aromatic heterocycles. The van der Waals surface area contributed by atoms with Crippen molar-refractivity contribution in [2.45, 2.75) is 25.0 Å². The van der Waals surface area contributed by atoms with Crippen molar-refractivity contribution in [1.29, 1.82) is 0 Å². The summed E-state index contributed by atoms with van der Waals surface area (Å²) in [6.45, 7) is 0.184. The zero-order valence-corrected chi connectivity index (χ0v) is 13.8. The van der Waals surface area contributed by atoms with E-state index in [0.29, 0.717) is 12.2 Å². The standard InChI is InChI=1S/C19H19F2NO3/c1-25-16-4-2-3-13(7-16)18-10-15(23)11-22(18)19(24)8-12-5-6-14(20)9-17(12)21/h2-7,9,15,18,23H,8,10-11H2,1H3/t15-,18+/m0/s1. The lowest BCUT2D eigenvalue weighted by Gasteiger charge is -2.25. The highest BCUT2D eigenvalue weighted by Crippen LogP contribution is 2.34. The summed E-state index contributed by atoms with van der Waals surface area (Å²) in [6, 6.07) is 10.2. The molecule has 4 nitrogen and oxygen atoms in total. The summed E-state index contributed by atoms with van der Waals surface area (Å²) in [4.78, 5) is 14.2. The van der Waals surface area contributed by atoms with E-state index in [-0.39, 0.29) is 30.5 Å².